The zero-order valence-corrected chi connectivity index (χ0v) is 10.4. The Morgan fingerprint density at radius 3 is 2.06 bits per heavy atom. The molecular weight excluding hydrogens is 218 g/mol. The van der Waals surface area contributed by atoms with Crippen molar-refractivity contribution in [3.8, 4) is 0 Å². The van der Waals surface area contributed by atoms with E-state index >= 15 is 0 Å². The van der Waals surface area contributed by atoms with Gasteiger partial charge in [-0.2, -0.15) is 0 Å². The fourth-order valence-corrected chi connectivity index (χ4v) is 6.48. The number of carbonyl (C=O) groups is 1. The summed E-state index contributed by atoms with van der Waals surface area (Å²) in [5.74, 6) is 3.94. The molecule has 5 rings (SSSR count). The van der Waals surface area contributed by atoms with E-state index in [9.17, 15) is 4.79 Å². The molecular formula is C13H19NOS. The minimum absolute atomic E-state index is 0.269. The quantitative estimate of drug-likeness (QED) is 0.758. The Kier molecular flexibility index (Phi) is 1.95. The molecule has 5 aliphatic rings. The van der Waals surface area contributed by atoms with E-state index in [1.54, 1.807) is 0 Å². The van der Waals surface area contributed by atoms with E-state index in [2.05, 4.69) is 5.32 Å². The van der Waals surface area contributed by atoms with Crippen LogP contribution in [0, 0.1) is 23.2 Å². The van der Waals surface area contributed by atoms with Crippen LogP contribution >= 0.6 is 11.8 Å². The Morgan fingerprint density at radius 1 is 1.06 bits per heavy atom. The first-order chi connectivity index (χ1) is 7.73. The number of nitrogens with one attached hydrogen (secondary N) is 1. The average molecular weight is 237 g/mol. The van der Waals surface area contributed by atoms with Crippen LogP contribution in [0.15, 0.2) is 0 Å². The molecule has 1 amide bonds. The average Bonchev–Trinajstić information content (AvgIpc) is 2.63. The minimum Gasteiger partial charge on any atom is -0.343 e. The van der Waals surface area contributed by atoms with Crippen LogP contribution in [0.25, 0.3) is 0 Å². The Hall–Kier alpha value is -0.180. The van der Waals surface area contributed by atoms with E-state index in [-0.39, 0.29) is 5.91 Å². The Balaban J connectivity index is 1.64. The second-order valence-corrected chi connectivity index (χ2v) is 7.63. The van der Waals surface area contributed by atoms with Gasteiger partial charge in [0.15, 0.2) is 0 Å². The van der Waals surface area contributed by atoms with Gasteiger partial charge >= 0.3 is 0 Å². The molecule has 1 heterocycles. The first kappa shape index (κ1) is 9.81. The lowest BCUT2D eigenvalue weighted by Crippen LogP contribution is -2.53. The second kappa shape index (κ2) is 3.18. The number of rotatable bonds is 1. The molecule has 4 bridgehead atoms. The van der Waals surface area contributed by atoms with Crippen LogP contribution in [0.2, 0.25) is 0 Å². The maximum atomic E-state index is 11.4. The molecule has 88 valence electrons. The second-order valence-electron chi connectivity index (χ2n) is 6.54. The van der Waals surface area contributed by atoms with Gasteiger partial charge in [0.1, 0.15) is 0 Å². The van der Waals surface area contributed by atoms with Crippen LogP contribution in [0.1, 0.15) is 38.5 Å². The van der Waals surface area contributed by atoms with Gasteiger partial charge in [-0.15, -0.1) is 11.8 Å². The predicted molar refractivity (Wildman–Crippen MR) is 65.0 cm³/mol. The van der Waals surface area contributed by atoms with Crippen LogP contribution < -0.4 is 5.32 Å². The summed E-state index contributed by atoms with van der Waals surface area (Å²) < 4.78 is 0. The highest BCUT2D eigenvalue weighted by molar-refractivity contribution is 8.01. The molecule has 0 aromatic rings. The molecule has 2 nitrogen and oxygen atoms in total. The van der Waals surface area contributed by atoms with Gasteiger partial charge in [0, 0.05) is 5.41 Å². The van der Waals surface area contributed by atoms with Crippen LogP contribution in [0.3, 0.4) is 0 Å². The first-order valence-corrected chi connectivity index (χ1v) is 7.69. The molecule has 1 N–H and O–H groups in total. The van der Waals surface area contributed by atoms with Gasteiger partial charge in [0.25, 0.3) is 0 Å². The van der Waals surface area contributed by atoms with Crippen molar-refractivity contribution in [1.82, 2.24) is 5.32 Å². The molecule has 1 atom stereocenters. The molecule has 0 aromatic carbocycles. The molecule has 4 aliphatic carbocycles. The van der Waals surface area contributed by atoms with E-state index in [1.165, 1.54) is 38.5 Å². The normalized spacial score (nSPS) is 54.4. The number of hydrogen-bond donors (Lipinski definition) is 1. The van der Waals surface area contributed by atoms with Crippen molar-refractivity contribution >= 4 is 17.7 Å². The SMILES string of the molecule is O=C1CSC(C23CC4CC(CC(C4)C2)C3)N1. The lowest BCUT2D eigenvalue weighted by atomic mass is 9.49. The lowest BCUT2D eigenvalue weighted by molar-refractivity contribution is -0.120. The Morgan fingerprint density at radius 2 is 1.62 bits per heavy atom. The van der Waals surface area contributed by atoms with Crippen molar-refractivity contribution in [2.45, 2.75) is 43.9 Å². The summed E-state index contributed by atoms with van der Waals surface area (Å²) in [5.41, 5.74) is 0.492. The molecule has 1 aliphatic heterocycles. The fraction of sp³-hybridized carbons (Fsp3) is 0.923. The number of carbonyl (C=O) groups excluding carboxylic acids is 1. The van der Waals surface area contributed by atoms with E-state index in [0.29, 0.717) is 16.5 Å². The van der Waals surface area contributed by atoms with Gasteiger partial charge in [-0.3, -0.25) is 4.79 Å². The van der Waals surface area contributed by atoms with Crippen LogP contribution in [0.5, 0.6) is 0 Å². The molecule has 3 heteroatoms. The highest BCUT2D eigenvalue weighted by Gasteiger charge is 2.55. The summed E-state index contributed by atoms with van der Waals surface area (Å²) in [6.07, 6.45) is 8.67. The number of thioether (sulfide) groups is 1. The zero-order chi connectivity index (χ0) is 10.8. The third-order valence-corrected chi connectivity index (χ3v) is 6.70. The maximum Gasteiger partial charge on any atom is 0.230 e. The summed E-state index contributed by atoms with van der Waals surface area (Å²) in [6, 6.07) is 0. The van der Waals surface area contributed by atoms with Crippen molar-refractivity contribution in [2.24, 2.45) is 23.2 Å². The lowest BCUT2D eigenvalue weighted by Gasteiger charge is -2.58. The van der Waals surface area contributed by atoms with E-state index in [1.807, 2.05) is 11.8 Å². The zero-order valence-electron chi connectivity index (χ0n) is 9.58. The molecule has 4 saturated carbocycles. The highest BCUT2D eigenvalue weighted by Crippen LogP contribution is 2.62. The minimum atomic E-state index is 0.269. The van der Waals surface area contributed by atoms with Gasteiger partial charge < -0.3 is 5.32 Å². The number of hydrogen-bond acceptors (Lipinski definition) is 2. The standard InChI is InChI=1S/C13H19NOS/c15-11-7-16-12(14-11)13-4-8-1-9(5-13)3-10(2-8)6-13/h8-10,12H,1-7H2,(H,14,15). The highest BCUT2D eigenvalue weighted by atomic mass is 32.2. The van der Waals surface area contributed by atoms with Crippen LogP contribution in [-0.2, 0) is 4.79 Å². The summed E-state index contributed by atoms with van der Waals surface area (Å²) in [4.78, 5) is 11.4. The summed E-state index contributed by atoms with van der Waals surface area (Å²) in [5, 5.41) is 3.69. The topological polar surface area (TPSA) is 29.1 Å². The fourth-order valence-electron chi connectivity index (χ4n) is 5.22. The summed E-state index contributed by atoms with van der Waals surface area (Å²) in [6.45, 7) is 0. The van der Waals surface area contributed by atoms with Gasteiger partial charge in [0.2, 0.25) is 5.91 Å². The number of amides is 1. The molecule has 16 heavy (non-hydrogen) atoms. The summed E-state index contributed by atoms with van der Waals surface area (Å²) in [7, 11) is 0. The van der Waals surface area contributed by atoms with Crippen molar-refractivity contribution in [2.75, 3.05) is 5.75 Å². The Labute approximate surface area is 101 Å². The van der Waals surface area contributed by atoms with Crippen molar-refractivity contribution in [3.63, 3.8) is 0 Å². The third kappa shape index (κ3) is 1.30. The van der Waals surface area contributed by atoms with Crippen LogP contribution in [0.4, 0.5) is 0 Å². The van der Waals surface area contributed by atoms with Gasteiger partial charge in [-0.25, -0.2) is 0 Å². The van der Waals surface area contributed by atoms with E-state index < -0.39 is 0 Å². The van der Waals surface area contributed by atoms with Gasteiger partial charge in [0.05, 0.1) is 11.1 Å². The Bertz CT molecular complexity index is 306. The molecule has 0 spiro atoms. The van der Waals surface area contributed by atoms with E-state index in [4.69, 9.17) is 0 Å². The maximum absolute atomic E-state index is 11.4. The molecule has 0 aromatic heterocycles. The van der Waals surface area contributed by atoms with Crippen LogP contribution in [-0.4, -0.2) is 17.0 Å². The van der Waals surface area contributed by atoms with Crippen molar-refractivity contribution < 1.29 is 4.79 Å². The monoisotopic (exact) mass is 237 g/mol. The van der Waals surface area contributed by atoms with Crippen molar-refractivity contribution in [1.29, 1.82) is 0 Å². The van der Waals surface area contributed by atoms with E-state index in [0.717, 1.165) is 17.8 Å². The largest absolute Gasteiger partial charge is 0.343 e. The molecule has 1 unspecified atom stereocenters. The third-order valence-electron chi connectivity index (χ3n) is 5.31. The molecule has 0 radical (unpaired) electrons. The van der Waals surface area contributed by atoms with Gasteiger partial charge in [-0.1, -0.05) is 0 Å². The predicted octanol–water partition coefficient (Wildman–Crippen LogP) is 2.39. The molecule has 1 saturated heterocycles. The molecule has 5 fully saturated rings. The summed E-state index contributed by atoms with van der Waals surface area (Å²) >= 11 is 1.88. The van der Waals surface area contributed by atoms with Gasteiger partial charge in [-0.05, 0) is 56.3 Å². The first-order valence-electron chi connectivity index (χ1n) is 6.64. The van der Waals surface area contributed by atoms with Crippen molar-refractivity contribution in [3.05, 3.63) is 0 Å². The smallest absolute Gasteiger partial charge is 0.230 e.